The Balaban J connectivity index is 0.00000361. The molecule has 1 aromatic carbocycles. The van der Waals surface area contributed by atoms with Crippen LogP contribution in [0.25, 0.3) is 0 Å². The van der Waals surface area contributed by atoms with Crippen molar-refractivity contribution in [2.24, 2.45) is 5.73 Å². The topological polar surface area (TPSA) is 44.5 Å². The Hall–Kier alpha value is -0.770. The molecule has 0 fully saturated rings. The van der Waals surface area contributed by atoms with E-state index in [4.69, 9.17) is 15.2 Å². The second-order valence-electron chi connectivity index (χ2n) is 4.80. The Morgan fingerprint density at radius 3 is 2.55 bits per heavy atom. The van der Waals surface area contributed by atoms with E-state index in [1.165, 1.54) is 5.56 Å². The summed E-state index contributed by atoms with van der Waals surface area (Å²) in [6.07, 6.45) is 2.91. The van der Waals surface area contributed by atoms with Gasteiger partial charge in [-0.2, -0.15) is 0 Å². The lowest BCUT2D eigenvalue weighted by molar-refractivity contribution is 0.131. The van der Waals surface area contributed by atoms with Gasteiger partial charge in [0.25, 0.3) is 0 Å². The summed E-state index contributed by atoms with van der Waals surface area (Å²) in [5.41, 5.74) is 8.39. The first kappa shape index (κ1) is 19.2. The molecular formula is C16H28ClNO2. The fourth-order valence-electron chi connectivity index (χ4n) is 1.88. The van der Waals surface area contributed by atoms with Crippen molar-refractivity contribution in [2.45, 2.75) is 52.7 Å². The second-order valence-corrected chi connectivity index (χ2v) is 4.80. The number of rotatable bonds is 9. The lowest BCUT2D eigenvalue weighted by atomic mass is 10.0. The largest absolute Gasteiger partial charge is 0.493 e. The van der Waals surface area contributed by atoms with Crippen LogP contribution in [0.15, 0.2) is 18.2 Å². The van der Waals surface area contributed by atoms with E-state index < -0.39 is 0 Å². The van der Waals surface area contributed by atoms with Gasteiger partial charge in [0.2, 0.25) is 0 Å². The van der Waals surface area contributed by atoms with Crippen LogP contribution in [0.3, 0.4) is 0 Å². The highest BCUT2D eigenvalue weighted by molar-refractivity contribution is 5.85. The molecule has 3 nitrogen and oxygen atoms in total. The summed E-state index contributed by atoms with van der Waals surface area (Å²) >= 11 is 0. The number of hydrogen-bond acceptors (Lipinski definition) is 3. The molecule has 116 valence electrons. The van der Waals surface area contributed by atoms with E-state index in [9.17, 15) is 0 Å². The van der Waals surface area contributed by atoms with E-state index in [0.717, 1.165) is 37.2 Å². The average molecular weight is 302 g/mol. The summed E-state index contributed by atoms with van der Waals surface area (Å²) in [7, 11) is 0. The highest BCUT2D eigenvalue weighted by Crippen LogP contribution is 2.22. The molecule has 0 aliphatic carbocycles. The van der Waals surface area contributed by atoms with Gasteiger partial charge in [0.05, 0.1) is 13.2 Å². The van der Waals surface area contributed by atoms with E-state index in [1.54, 1.807) is 0 Å². The molecule has 0 aromatic heterocycles. The summed E-state index contributed by atoms with van der Waals surface area (Å²) in [4.78, 5) is 0. The van der Waals surface area contributed by atoms with Gasteiger partial charge in [-0.15, -0.1) is 12.4 Å². The van der Waals surface area contributed by atoms with Crippen LogP contribution in [-0.2, 0) is 17.8 Å². The minimum Gasteiger partial charge on any atom is -0.493 e. The van der Waals surface area contributed by atoms with Gasteiger partial charge in [0.1, 0.15) is 5.75 Å². The molecule has 0 aliphatic heterocycles. The lowest BCUT2D eigenvalue weighted by Gasteiger charge is -2.14. The maximum Gasteiger partial charge on any atom is 0.124 e. The molecule has 0 heterocycles. The third kappa shape index (κ3) is 6.60. The van der Waals surface area contributed by atoms with Gasteiger partial charge in [0, 0.05) is 18.2 Å². The minimum atomic E-state index is 0. The zero-order valence-corrected chi connectivity index (χ0v) is 13.7. The highest BCUT2D eigenvalue weighted by Gasteiger charge is 2.08. The average Bonchev–Trinajstić information content (AvgIpc) is 2.43. The lowest BCUT2D eigenvalue weighted by Crippen LogP contribution is -2.21. The van der Waals surface area contributed by atoms with Crippen molar-refractivity contribution in [1.29, 1.82) is 0 Å². The Bertz CT molecular complexity index is 371. The van der Waals surface area contributed by atoms with Gasteiger partial charge >= 0.3 is 0 Å². The molecule has 1 unspecified atom stereocenters. The Morgan fingerprint density at radius 1 is 1.20 bits per heavy atom. The van der Waals surface area contributed by atoms with Crippen LogP contribution in [0, 0.1) is 0 Å². The molecule has 20 heavy (non-hydrogen) atoms. The van der Waals surface area contributed by atoms with Crippen molar-refractivity contribution in [3.05, 3.63) is 29.3 Å². The smallest absolute Gasteiger partial charge is 0.124 e. The first-order chi connectivity index (χ1) is 9.21. The summed E-state index contributed by atoms with van der Waals surface area (Å²) in [5.74, 6) is 0.934. The number of benzene rings is 1. The molecule has 2 N–H and O–H groups in total. The van der Waals surface area contributed by atoms with Gasteiger partial charge in [-0.3, -0.25) is 0 Å². The normalized spacial score (nSPS) is 11.8. The molecule has 0 bridgehead atoms. The van der Waals surface area contributed by atoms with E-state index in [0.29, 0.717) is 13.2 Å². The number of halogens is 1. The van der Waals surface area contributed by atoms with Crippen molar-refractivity contribution in [1.82, 2.24) is 0 Å². The molecule has 1 atom stereocenters. The van der Waals surface area contributed by atoms with E-state index in [1.807, 2.05) is 13.0 Å². The van der Waals surface area contributed by atoms with Crippen LogP contribution in [-0.4, -0.2) is 19.3 Å². The first-order valence-electron chi connectivity index (χ1n) is 7.29. The maximum absolute atomic E-state index is 6.01. The Labute approximate surface area is 129 Å². The van der Waals surface area contributed by atoms with Crippen LogP contribution < -0.4 is 10.5 Å². The third-order valence-corrected chi connectivity index (χ3v) is 3.07. The molecule has 0 aliphatic rings. The van der Waals surface area contributed by atoms with E-state index in [-0.39, 0.29) is 18.4 Å². The van der Waals surface area contributed by atoms with Crippen molar-refractivity contribution < 1.29 is 9.47 Å². The van der Waals surface area contributed by atoms with Gasteiger partial charge in [-0.1, -0.05) is 19.9 Å². The standard InChI is InChI=1S/C16H27NO2.ClH/c1-4-9-19-16-8-7-13(11-15(17)5-2)10-14(16)12-18-6-3;/h7-8,10,15H,4-6,9,11-12,17H2,1-3H3;1H. The Morgan fingerprint density at radius 2 is 1.95 bits per heavy atom. The summed E-state index contributed by atoms with van der Waals surface area (Å²) < 4.78 is 11.3. The highest BCUT2D eigenvalue weighted by atomic mass is 35.5. The zero-order chi connectivity index (χ0) is 14.1. The molecule has 0 saturated carbocycles. The molecular weight excluding hydrogens is 274 g/mol. The van der Waals surface area contributed by atoms with Crippen LogP contribution >= 0.6 is 12.4 Å². The van der Waals surface area contributed by atoms with E-state index >= 15 is 0 Å². The van der Waals surface area contributed by atoms with Crippen molar-refractivity contribution in [3.63, 3.8) is 0 Å². The minimum absolute atomic E-state index is 0. The zero-order valence-electron chi connectivity index (χ0n) is 12.9. The summed E-state index contributed by atoms with van der Waals surface area (Å²) in [6.45, 7) is 8.29. The van der Waals surface area contributed by atoms with Crippen LogP contribution in [0.5, 0.6) is 5.75 Å². The van der Waals surface area contributed by atoms with Crippen molar-refractivity contribution in [2.75, 3.05) is 13.2 Å². The summed E-state index contributed by atoms with van der Waals surface area (Å²) in [6, 6.07) is 6.54. The molecule has 0 spiro atoms. The second kappa shape index (κ2) is 11.0. The van der Waals surface area contributed by atoms with Gasteiger partial charge in [0.15, 0.2) is 0 Å². The predicted molar refractivity (Wildman–Crippen MR) is 86.8 cm³/mol. The van der Waals surface area contributed by atoms with Gasteiger partial charge in [-0.05, 0) is 43.9 Å². The monoisotopic (exact) mass is 301 g/mol. The molecule has 1 rings (SSSR count). The molecule has 0 radical (unpaired) electrons. The Kier molecular flexibility index (Phi) is 10.5. The molecule has 0 amide bonds. The van der Waals surface area contributed by atoms with Crippen LogP contribution in [0.4, 0.5) is 0 Å². The number of nitrogens with two attached hydrogens (primary N) is 1. The van der Waals surface area contributed by atoms with Crippen molar-refractivity contribution in [3.8, 4) is 5.75 Å². The predicted octanol–water partition coefficient (Wildman–Crippen LogP) is 3.71. The SMILES string of the molecule is CCCOc1ccc(CC(N)CC)cc1COCC.Cl. The third-order valence-electron chi connectivity index (χ3n) is 3.07. The molecule has 1 aromatic rings. The fraction of sp³-hybridized carbons (Fsp3) is 0.625. The first-order valence-corrected chi connectivity index (χ1v) is 7.29. The quantitative estimate of drug-likeness (QED) is 0.756. The summed E-state index contributed by atoms with van der Waals surface area (Å²) in [5, 5.41) is 0. The fourth-order valence-corrected chi connectivity index (χ4v) is 1.88. The number of hydrogen-bond donors (Lipinski definition) is 1. The van der Waals surface area contributed by atoms with Crippen LogP contribution in [0.2, 0.25) is 0 Å². The van der Waals surface area contributed by atoms with E-state index in [2.05, 4.69) is 26.0 Å². The molecule has 0 saturated heterocycles. The number of ether oxygens (including phenoxy) is 2. The van der Waals surface area contributed by atoms with Crippen LogP contribution in [0.1, 0.15) is 44.7 Å². The van der Waals surface area contributed by atoms with Gasteiger partial charge in [-0.25, -0.2) is 0 Å². The molecule has 4 heteroatoms. The van der Waals surface area contributed by atoms with Crippen molar-refractivity contribution >= 4 is 12.4 Å². The maximum atomic E-state index is 6.01. The van der Waals surface area contributed by atoms with Gasteiger partial charge < -0.3 is 15.2 Å².